The average molecular weight is 405 g/mol. The van der Waals surface area contributed by atoms with Gasteiger partial charge in [0.25, 0.3) is 0 Å². The number of nitrogens with one attached hydrogen (secondary N) is 1. The smallest absolute Gasteiger partial charge is 0.237 e. The molecule has 3 N–H and O–H groups in total. The van der Waals surface area contributed by atoms with E-state index in [4.69, 9.17) is 5.14 Å². The predicted octanol–water partition coefficient (Wildman–Crippen LogP) is 2.56. The maximum atomic E-state index is 12.5. The first-order valence-electron chi connectivity index (χ1n) is 6.79. The maximum absolute atomic E-state index is 12.5. The van der Waals surface area contributed by atoms with Crippen molar-refractivity contribution in [1.82, 2.24) is 14.6 Å². The third kappa shape index (κ3) is 4.63. The second kappa shape index (κ2) is 6.75. The molecule has 2 aromatic heterocycles. The minimum Gasteiger partial charge on any atom is -0.237 e. The summed E-state index contributed by atoms with van der Waals surface area (Å²) < 4.78 is 64.9. The number of halogens is 3. The Hall–Kier alpha value is -2.35. The van der Waals surface area contributed by atoms with Gasteiger partial charge < -0.3 is 0 Å². The summed E-state index contributed by atoms with van der Waals surface area (Å²) in [5.41, 5.74) is -1.18. The minimum atomic E-state index is -4.40. The van der Waals surface area contributed by atoms with Crippen LogP contribution >= 0.6 is 11.8 Å². The molecular formula is C13H10F3N5O3S2. The number of nitrogens with zero attached hydrogens (tertiary/aromatic N) is 3. The van der Waals surface area contributed by atoms with E-state index in [9.17, 15) is 21.6 Å². The number of nitrogens with two attached hydrogens (primary N) is 1. The number of hydrogen-bond donors (Lipinski definition) is 2. The van der Waals surface area contributed by atoms with Crippen LogP contribution in [-0.4, -0.2) is 28.5 Å². The summed E-state index contributed by atoms with van der Waals surface area (Å²) in [5, 5.41) is 8.95. The Morgan fingerprint density at radius 2 is 2.00 bits per heavy atom. The van der Waals surface area contributed by atoms with Gasteiger partial charge in [0.15, 0.2) is 11.5 Å². The fourth-order valence-electron chi connectivity index (χ4n) is 2.07. The molecule has 8 nitrogen and oxygen atoms in total. The van der Waals surface area contributed by atoms with Gasteiger partial charge >= 0.3 is 15.8 Å². The molecular weight excluding hydrogens is 395 g/mol. The van der Waals surface area contributed by atoms with Gasteiger partial charge in [-0.05, 0) is 23.9 Å². The summed E-state index contributed by atoms with van der Waals surface area (Å²) in [7, 11) is -4.24. The molecule has 0 saturated heterocycles. The van der Waals surface area contributed by atoms with Crippen LogP contribution in [-0.2, 0) is 14.6 Å². The molecule has 0 saturated carbocycles. The normalized spacial score (nSPS) is 12.5. The van der Waals surface area contributed by atoms with Gasteiger partial charge in [-0.2, -0.15) is 31.2 Å². The van der Waals surface area contributed by atoms with Gasteiger partial charge in [0, 0.05) is 28.8 Å². The highest BCUT2D eigenvalue weighted by Crippen LogP contribution is 2.38. The van der Waals surface area contributed by atoms with Crippen molar-refractivity contribution < 1.29 is 25.9 Å². The third-order valence-electron chi connectivity index (χ3n) is 2.98. The molecule has 0 unspecified atom stereocenters. The highest BCUT2D eigenvalue weighted by molar-refractivity contribution is 8.00. The minimum absolute atomic E-state index is 0.0101. The Bertz CT molecular complexity index is 1050. The van der Waals surface area contributed by atoms with E-state index in [1.165, 1.54) is 41.0 Å². The van der Waals surface area contributed by atoms with Crippen molar-refractivity contribution >= 4 is 33.5 Å². The number of aromatic nitrogens is 3. The van der Waals surface area contributed by atoms with Crippen LogP contribution in [0.3, 0.4) is 0 Å². The van der Waals surface area contributed by atoms with Gasteiger partial charge in [0.2, 0.25) is 0 Å². The SMILES string of the molecule is NS(=O)(=O)ONc1ccnc2cc(-c3cccc(SC(F)(F)F)c3)nn12. The maximum Gasteiger partial charge on any atom is 0.446 e. The molecule has 0 radical (unpaired) electrons. The van der Waals surface area contributed by atoms with Crippen molar-refractivity contribution in [2.24, 2.45) is 5.14 Å². The van der Waals surface area contributed by atoms with Crippen molar-refractivity contribution in [2.75, 3.05) is 5.48 Å². The first-order chi connectivity index (χ1) is 12.1. The van der Waals surface area contributed by atoms with Crippen LogP contribution in [0.25, 0.3) is 16.9 Å². The molecule has 0 fully saturated rings. The fourth-order valence-corrected chi connectivity index (χ4v) is 2.87. The molecule has 0 atom stereocenters. The third-order valence-corrected chi connectivity index (χ3v) is 4.02. The van der Waals surface area contributed by atoms with Crippen LogP contribution in [0.4, 0.5) is 19.0 Å². The zero-order valence-electron chi connectivity index (χ0n) is 12.6. The Morgan fingerprint density at radius 3 is 2.69 bits per heavy atom. The van der Waals surface area contributed by atoms with Gasteiger partial charge in [-0.1, -0.05) is 12.1 Å². The lowest BCUT2D eigenvalue weighted by molar-refractivity contribution is -0.0328. The zero-order chi connectivity index (χ0) is 18.9. The summed E-state index contributed by atoms with van der Waals surface area (Å²) in [6.07, 6.45) is 1.37. The quantitative estimate of drug-likeness (QED) is 0.496. The number of fused-ring (bicyclic) bond motifs is 1. The highest BCUT2D eigenvalue weighted by Gasteiger charge is 2.29. The Kier molecular flexibility index (Phi) is 4.79. The standard InChI is InChI=1S/C13H10F3N5O3S2/c14-13(15,16)25-9-3-1-2-8(6-9)10-7-12-18-5-4-11(21(12)19-10)20-24-26(17,22)23/h1-7,20H,(H2,17,22,23). The Morgan fingerprint density at radius 1 is 1.23 bits per heavy atom. The van der Waals surface area contributed by atoms with Gasteiger partial charge in [-0.3, -0.25) is 0 Å². The largest absolute Gasteiger partial charge is 0.446 e. The van der Waals surface area contributed by atoms with Crippen LogP contribution in [0.2, 0.25) is 0 Å². The van der Waals surface area contributed by atoms with E-state index in [-0.39, 0.29) is 22.5 Å². The molecule has 3 rings (SSSR count). The molecule has 1 aromatic carbocycles. The molecule has 13 heteroatoms. The number of rotatable bonds is 5. The van der Waals surface area contributed by atoms with E-state index >= 15 is 0 Å². The van der Waals surface area contributed by atoms with Gasteiger partial charge in [-0.25, -0.2) is 15.6 Å². The van der Waals surface area contributed by atoms with E-state index in [1.807, 2.05) is 0 Å². The van der Waals surface area contributed by atoms with Gasteiger partial charge in [0.1, 0.15) is 0 Å². The topological polar surface area (TPSA) is 112 Å². The predicted molar refractivity (Wildman–Crippen MR) is 88.1 cm³/mol. The van der Waals surface area contributed by atoms with Crippen molar-refractivity contribution in [1.29, 1.82) is 0 Å². The van der Waals surface area contributed by atoms with Crippen LogP contribution < -0.4 is 10.6 Å². The monoisotopic (exact) mass is 405 g/mol. The van der Waals surface area contributed by atoms with Crippen LogP contribution in [0.15, 0.2) is 47.5 Å². The Balaban J connectivity index is 1.96. The van der Waals surface area contributed by atoms with Crippen molar-refractivity contribution in [3.63, 3.8) is 0 Å². The fraction of sp³-hybridized carbons (Fsp3) is 0.0769. The number of thioether (sulfide) groups is 1. The molecule has 26 heavy (non-hydrogen) atoms. The molecule has 0 aliphatic carbocycles. The summed E-state index contributed by atoms with van der Waals surface area (Å²) in [6, 6.07) is 8.65. The van der Waals surface area contributed by atoms with E-state index in [2.05, 4.69) is 19.8 Å². The first kappa shape index (κ1) is 18.4. The zero-order valence-corrected chi connectivity index (χ0v) is 14.3. The van der Waals surface area contributed by atoms with Crippen LogP contribution in [0.5, 0.6) is 0 Å². The van der Waals surface area contributed by atoms with Crippen LogP contribution in [0, 0.1) is 0 Å². The molecule has 0 aliphatic rings. The summed E-state index contributed by atoms with van der Waals surface area (Å²) in [6.45, 7) is 0. The number of benzene rings is 1. The number of hydrogen-bond acceptors (Lipinski definition) is 7. The summed E-state index contributed by atoms with van der Waals surface area (Å²) in [5.74, 6) is 0.107. The summed E-state index contributed by atoms with van der Waals surface area (Å²) in [4.78, 5) is 4.06. The number of anilines is 1. The van der Waals surface area contributed by atoms with E-state index in [1.54, 1.807) is 6.07 Å². The number of alkyl halides is 3. The lowest BCUT2D eigenvalue weighted by Crippen LogP contribution is -2.20. The average Bonchev–Trinajstić information content (AvgIpc) is 2.95. The molecule has 2 heterocycles. The second-order valence-electron chi connectivity index (χ2n) is 4.88. The molecule has 0 bridgehead atoms. The molecule has 3 aromatic rings. The van der Waals surface area contributed by atoms with E-state index in [0.29, 0.717) is 16.9 Å². The van der Waals surface area contributed by atoms with E-state index < -0.39 is 15.8 Å². The van der Waals surface area contributed by atoms with Gasteiger partial charge in [-0.15, -0.1) is 4.28 Å². The van der Waals surface area contributed by atoms with Crippen molar-refractivity contribution in [3.05, 3.63) is 42.6 Å². The molecule has 138 valence electrons. The molecule has 0 aliphatic heterocycles. The molecule has 0 spiro atoms. The lowest BCUT2D eigenvalue weighted by atomic mass is 10.1. The second-order valence-corrected chi connectivity index (χ2v) is 7.17. The lowest BCUT2D eigenvalue weighted by Gasteiger charge is -2.06. The van der Waals surface area contributed by atoms with Crippen molar-refractivity contribution in [2.45, 2.75) is 10.4 Å². The summed E-state index contributed by atoms with van der Waals surface area (Å²) >= 11 is -0.233. The highest BCUT2D eigenvalue weighted by atomic mass is 32.2. The Labute approximate surface area is 149 Å². The molecule has 0 amide bonds. The van der Waals surface area contributed by atoms with Crippen molar-refractivity contribution in [3.8, 4) is 11.3 Å². The van der Waals surface area contributed by atoms with E-state index in [0.717, 1.165) is 0 Å². The first-order valence-corrected chi connectivity index (χ1v) is 9.08. The van der Waals surface area contributed by atoms with Crippen LogP contribution in [0.1, 0.15) is 0 Å². The van der Waals surface area contributed by atoms with Gasteiger partial charge in [0.05, 0.1) is 5.69 Å².